The lowest BCUT2D eigenvalue weighted by Gasteiger charge is -2.32. The van der Waals surface area contributed by atoms with E-state index in [2.05, 4.69) is 10.6 Å². The number of hydrogen-bond donors (Lipinski definition) is 2. The zero-order chi connectivity index (χ0) is 18.2. The molecule has 2 saturated heterocycles. The monoisotopic (exact) mass is 348 g/mol. The summed E-state index contributed by atoms with van der Waals surface area (Å²) < 4.78 is 26.4. The van der Waals surface area contributed by atoms with Crippen LogP contribution in [0.5, 0.6) is 0 Å². The molecule has 1 atom stereocenters. The first-order valence-corrected chi connectivity index (χ1v) is 8.86. The molecule has 2 heterocycles. The molecule has 2 N–H and O–H groups in total. The van der Waals surface area contributed by atoms with Gasteiger partial charge in [-0.2, -0.15) is 0 Å². The molecule has 136 valence electrons. The van der Waals surface area contributed by atoms with Crippen molar-refractivity contribution in [3.05, 3.63) is 29.6 Å². The van der Waals surface area contributed by atoms with Crippen LogP contribution < -0.4 is 16.1 Å². The van der Waals surface area contributed by atoms with Crippen molar-refractivity contribution >= 4 is 18.5 Å². The van der Waals surface area contributed by atoms with E-state index in [0.717, 1.165) is 25.9 Å². The first kappa shape index (κ1) is 18.4. The van der Waals surface area contributed by atoms with E-state index in [4.69, 9.17) is 9.31 Å². The third-order valence-electron chi connectivity index (χ3n) is 5.40. The molecule has 25 heavy (non-hydrogen) atoms. The number of benzene rings is 1. The smallest absolute Gasteiger partial charge is 0.399 e. The van der Waals surface area contributed by atoms with Crippen molar-refractivity contribution in [2.45, 2.75) is 57.8 Å². The molecule has 1 aromatic carbocycles. The molecule has 0 spiro atoms. The SMILES string of the molecule is CC1(C)OB(c2ccc(C(=O)N[C@H]3CCCNC3)c(F)c2)OC1(C)C. The Kier molecular flexibility index (Phi) is 4.92. The molecule has 1 aromatic rings. The minimum Gasteiger partial charge on any atom is -0.399 e. The number of halogens is 1. The second kappa shape index (κ2) is 6.70. The van der Waals surface area contributed by atoms with Gasteiger partial charge in [0.2, 0.25) is 0 Å². The topological polar surface area (TPSA) is 59.6 Å². The molecule has 0 unspecified atom stereocenters. The van der Waals surface area contributed by atoms with Crippen LogP contribution in [0.3, 0.4) is 0 Å². The normalized spacial score (nSPS) is 25.0. The number of amides is 1. The zero-order valence-corrected chi connectivity index (χ0v) is 15.3. The van der Waals surface area contributed by atoms with E-state index in [1.165, 1.54) is 12.1 Å². The van der Waals surface area contributed by atoms with Crippen LogP contribution in [0.1, 0.15) is 50.9 Å². The van der Waals surface area contributed by atoms with Crippen molar-refractivity contribution in [1.29, 1.82) is 0 Å². The number of rotatable bonds is 3. The Balaban J connectivity index is 1.72. The molecule has 2 aliphatic heterocycles. The molecule has 0 aromatic heterocycles. The highest BCUT2D eigenvalue weighted by Gasteiger charge is 2.51. The summed E-state index contributed by atoms with van der Waals surface area (Å²) in [5.74, 6) is -0.944. The van der Waals surface area contributed by atoms with Crippen LogP contribution in [0.15, 0.2) is 18.2 Å². The average Bonchev–Trinajstić information content (AvgIpc) is 2.76. The van der Waals surface area contributed by atoms with Gasteiger partial charge in [0.15, 0.2) is 0 Å². The lowest BCUT2D eigenvalue weighted by molar-refractivity contribution is 0.00578. The van der Waals surface area contributed by atoms with E-state index in [1.54, 1.807) is 6.07 Å². The number of nitrogens with one attached hydrogen (secondary N) is 2. The minimum absolute atomic E-state index is 0.0448. The highest BCUT2D eigenvalue weighted by molar-refractivity contribution is 6.62. The van der Waals surface area contributed by atoms with Crippen molar-refractivity contribution in [1.82, 2.24) is 10.6 Å². The predicted octanol–water partition coefficient (Wildman–Crippen LogP) is 1.61. The quantitative estimate of drug-likeness (QED) is 0.815. The summed E-state index contributed by atoms with van der Waals surface area (Å²) in [5, 5.41) is 6.11. The third kappa shape index (κ3) is 3.73. The maximum Gasteiger partial charge on any atom is 0.494 e. The predicted molar refractivity (Wildman–Crippen MR) is 95.5 cm³/mol. The third-order valence-corrected chi connectivity index (χ3v) is 5.40. The molecule has 1 amide bonds. The van der Waals surface area contributed by atoms with Gasteiger partial charge in [0.25, 0.3) is 5.91 Å². The number of hydrogen-bond acceptors (Lipinski definition) is 4. The van der Waals surface area contributed by atoms with Crippen LogP contribution >= 0.6 is 0 Å². The Labute approximate surface area is 148 Å². The van der Waals surface area contributed by atoms with Gasteiger partial charge in [0.05, 0.1) is 16.8 Å². The summed E-state index contributed by atoms with van der Waals surface area (Å²) in [6.07, 6.45) is 1.92. The van der Waals surface area contributed by atoms with Gasteiger partial charge in [-0.25, -0.2) is 4.39 Å². The Hall–Kier alpha value is -1.44. The van der Waals surface area contributed by atoms with Gasteiger partial charge in [-0.1, -0.05) is 6.07 Å². The first-order chi connectivity index (χ1) is 11.7. The number of carbonyl (C=O) groups excluding carboxylic acids is 1. The van der Waals surface area contributed by atoms with Gasteiger partial charge in [0, 0.05) is 12.6 Å². The fourth-order valence-corrected chi connectivity index (χ4v) is 3.08. The highest BCUT2D eigenvalue weighted by Crippen LogP contribution is 2.36. The van der Waals surface area contributed by atoms with E-state index in [0.29, 0.717) is 5.46 Å². The average molecular weight is 348 g/mol. The Bertz CT molecular complexity index is 644. The Morgan fingerprint density at radius 1 is 1.28 bits per heavy atom. The van der Waals surface area contributed by atoms with Crippen LogP contribution in [0, 0.1) is 5.82 Å². The van der Waals surface area contributed by atoms with E-state index in [1.807, 2.05) is 27.7 Å². The molecule has 7 heteroatoms. The van der Waals surface area contributed by atoms with Crippen molar-refractivity contribution in [3.63, 3.8) is 0 Å². The minimum atomic E-state index is -0.640. The number of piperidine rings is 1. The van der Waals surface area contributed by atoms with E-state index < -0.39 is 24.1 Å². The first-order valence-electron chi connectivity index (χ1n) is 8.86. The molecule has 2 aliphatic rings. The van der Waals surface area contributed by atoms with Gasteiger partial charge in [-0.3, -0.25) is 4.79 Å². The fourth-order valence-electron chi connectivity index (χ4n) is 3.08. The van der Waals surface area contributed by atoms with Crippen molar-refractivity contribution in [2.24, 2.45) is 0 Å². The summed E-state index contributed by atoms with van der Waals surface area (Å²) >= 11 is 0. The molecule has 5 nitrogen and oxygen atoms in total. The molecule has 3 rings (SSSR count). The molecular weight excluding hydrogens is 322 g/mol. The second-order valence-electron chi connectivity index (χ2n) is 7.84. The van der Waals surface area contributed by atoms with Gasteiger partial charge in [-0.05, 0) is 64.7 Å². The van der Waals surface area contributed by atoms with Crippen LogP contribution in [0.2, 0.25) is 0 Å². The summed E-state index contributed by atoms with van der Waals surface area (Å²) in [4.78, 5) is 12.3. The van der Waals surface area contributed by atoms with Gasteiger partial charge >= 0.3 is 7.12 Å². The lowest BCUT2D eigenvalue weighted by Crippen LogP contribution is -2.46. The maximum absolute atomic E-state index is 14.5. The molecular formula is C18H26BFN2O3. The summed E-state index contributed by atoms with van der Waals surface area (Å²) in [6.45, 7) is 9.47. The zero-order valence-electron chi connectivity index (χ0n) is 15.3. The van der Waals surface area contributed by atoms with E-state index in [9.17, 15) is 9.18 Å². The molecule has 0 radical (unpaired) electrons. The van der Waals surface area contributed by atoms with E-state index in [-0.39, 0.29) is 17.5 Å². The van der Waals surface area contributed by atoms with Gasteiger partial charge in [-0.15, -0.1) is 0 Å². The fraction of sp³-hybridized carbons (Fsp3) is 0.611. The largest absolute Gasteiger partial charge is 0.494 e. The van der Waals surface area contributed by atoms with Crippen LogP contribution in [0.4, 0.5) is 4.39 Å². The lowest BCUT2D eigenvalue weighted by atomic mass is 9.78. The molecule has 0 bridgehead atoms. The van der Waals surface area contributed by atoms with Crippen LogP contribution in [-0.4, -0.2) is 43.4 Å². The maximum atomic E-state index is 14.5. The van der Waals surface area contributed by atoms with Crippen molar-refractivity contribution in [3.8, 4) is 0 Å². The molecule has 2 fully saturated rings. The Morgan fingerprint density at radius 2 is 1.96 bits per heavy atom. The second-order valence-corrected chi connectivity index (χ2v) is 7.84. The van der Waals surface area contributed by atoms with Crippen molar-refractivity contribution < 1.29 is 18.5 Å². The van der Waals surface area contributed by atoms with Crippen LogP contribution in [-0.2, 0) is 9.31 Å². The highest BCUT2D eigenvalue weighted by atomic mass is 19.1. The summed E-state index contributed by atoms with van der Waals surface area (Å²) in [7, 11) is -0.640. The Morgan fingerprint density at radius 3 is 2.52 bits per heavy atom. The van der Waals surface area contributed by atoms with Gasteiger partial charge < -0.3 is 19.9 Å². The summed E-state index contributed by atoms with van der Waals surface area (Å²) in [6, 6.07) is 4.57. The standard InChI is InChI=1S/C18H26BFN2O3/c1-17(2)18(3,4)25-19(24-17)12-7-8-14(15(20)10-12)16(23)22-13-6-5-9-21-11-13/h7-8,10,13,21H,5-6,9,11H2,1-4H3,(H,22,23)/t13-/m0/s1. The van der Waals surface area contributed by atoms with Crippen molar-refractivity contribution in [2.75, 3.05) is 13.1 Å². The molecule has 0 aliphatic carbocycles. The van der Waals surface area contributed by atoms with Gasteiger partial charge in [0.1, 0.15) is 5.82 Å². The molecule has 0 saturated carbocycles. The van der Waals surface area contributed by atoms with E-state index >= 15 is 0 Å². The van der Waals surface area contributed by atoms with Crippen LogP contribution in [0.25, 0.3) is 0 Å². The summed E-state index contributed by atoms with van der Waals surface area (Å²) in [5.41, 5.74) is -0.353. The number of carbonyl (C=O) groups is 1.